The molecule has 0 radical (unpaired) electrons. The Balaban J connectivity index is 2.88. The minimum absolute atomic E-state index is 0.0863. The summed E-state index contributed by atoms with van der Waals surface area (Å²) in [5.74, 6) is 0.605. The van der Waals surface area contributed by atoms with Crippen LogP contribution in [0, 0.1) is 16.7 Å². The zero-order chi connectivity index (χ0) is 10.3. The molecule has 1 aliphatic carbocycles. The van der Waals surface area contributed by atoms with Crippen LogP contribution in [0.25, 0.3) is 0 Å². The Kier molecular flexibility index (Phi) is 2.78. The summed E-state index contributed by atoms with van der Waals surface area (Å²) in [4.78, 5) is 0. The van der Waals surface area contributed by atoms with Gasteiger partial charge in [-0.15, -0.1) is 0 Å². The summed E-state index contributed by atoms with van der Waals surface area (Å²) in [5, 5.41) is 9.94. The van der Waals surface area contributed by atoms with Crippen LogP contribution in [-0.4, -0.2) is 11.2 Å². The lowest BCUT2D eigenvalue weighted by Crippen LogP contribution is -2.48. The molecule has 1 aliphatic rings. The van der Waals surface area contributed by atoms with Crippen LogP contribution in [0.15, 0.2) is 0 Å². The Morgan fingerprint density at radius 1 is 1.31 bits per heavy atom. The number of aliphatic hydroxyl groups is 1. The molecular weight excluding hydrogens is 160 g/mol. The molecule has 0 heterocycles. The van der Waals surface area contributed by atoms with E-state index in [9.17, 15) is 5.11 Å². The van der Waals surface area contributed by atoms with Crippen molar-refractivity contribution in [3.63, 3.8) is 0 Å². The highest BCUT2D eigenvalue weighted by molar-refractivity contribution is 4.97. The molecule has 0 amide bonds. The Hall–Kier alpha value is -0.0400. The van der Waals surface area contributed by atoms with Gasteiger partial charge in [-0.25, -0.2) is 0 Å². The summed E-state index contributed by atoms with van der Waals surface area (Å²) in [5.41, 5.74) is 0.520. The summed E-state index contributed by atoms with van der Waals surface area (Å²) in [7, 11) is 0. The van der Waals surface area contributed by atoms with Crippen molar-refractivity contribution in [1.29, 1.82) is 0 Å². The first-order valence-electron chi connectivity index (χ1n) is 5.52. The van der Waals surface area contributed by atoms with Crippen LogP contribution in [0.1, 0.15) is 53.9 Å². The highest BCUT2D eigenvalue weighted by Gasteiger charge is 2.47. The smallest absolute Gasteiger partial charge is 0.0594 e. The van der Waals surface area contributed by atoms with Crippen LogP contribution in [0.4, 0.5) is 0 Å². The highest BCUT2D eigenvalue weighted by atomic mass is 16.3. The van der Waals surface area contributed by atoms with Gasteiger partial charge in [0.05, 0.1) is 6.10 Å². The Labute approximate surface area is 82.5 Å². The largest absolute Gasteiger partial charge is 0.393 e. The lowest BCUT2D eigenvalue weighted by Gasteiger charge is -2.51. The Bertz CT molecular complexity index is 181. The SMILES string of the molecule is CCC1(C)CCC(O)C(C)(C)C1C. The molecule has 0 spiro atoms. The maximum absolute atomic E-state index is 9.94. The normalized spacial score (nSPS) is 44.8. The van der Waals surface area contributed by atoms with E-state index in [1.54, 1.807) is 0 Å². The summed E-state index contributed by atoms with van der Waals surface area (Å²) in [6.07, 6.45) is 3.27. The Morgan fingerprint density at radius 2 is 1.85 bits per heavy atom. The van der Waals surface area contributed by atoms with Crippen LogP contribution >= 0.6 is 0 Å². The van der Waals surface area contributed by atoms with Crippen LogP contribution in [-0.2, 0) is 0 Å². The van der Waals surface area contributed by atoms with Gasteiger partial charge in [-0.3, -0.25) is 0 Å². The Morgan fingerprint density at radius 3 is 2.31 bits per heavy atom. The van der Waals surface area contributed by atoms with E-state index < -0.39 is 0 Å². The molecule has 1 saturated carbocycles. The average Bonchev–Trinajstić information content (AvgIpc) is 2.10. The summed E-state index contributed by atoms with van der Waals surface area (Å²) in [6, 6.07) is 0. The molecule has 1 heteroatoms. The van der Waals surface area contributed by atoms with Crippen LogP contribution < -0.4 is 0 Å². The van der Waals surface area contributed by atoms with Crippen molar-refractivity contribution < 1.29 is 5.11 Å². The van der Waals surface area contributed by atoms with E-state index in [0.717, 1.165) is 6.42 Å². The number of hydrogen-bond donors (Lipinski definition) is 1. The number of rotatable bonds is 1. The fraction of sp³-hybridized carbons (Fsp3) is 1.00. The van der Waals surface area contributed by atoms with E-state index in [1.807, 2.05) is 0 Å². The zero-order valence-electron chi connectivity index (χ0n) is 9.72. The number of aliphatic hydroxyl groups excluding tert-OH is 1. The molecule has 0 saturated heterocycles. The molecule has 1 rings (SSSR count). The fourth-order valence-electron chi connectivity index (χ4n) is 2.72. The molecule has 78 valence electrons. The summed E-state index contributed by atoms with van der Waals surface area (Å²) >= 11 is 0. The maximum Gasteiger partial charge on any atom is 0.0594 e. The second-order valence-electron chi connectivity index (χ2n) is 5.61. The van der Waals surface area contributed by atoms with Crippen LogP contribution in [0.5, 0.6) is 0 Å². The van der Waals surface area contributed by atoms with Gasteiger partial charge in [-0.1, -0.05) is 41.0 Å². The number of hydrogen-bond acceptors (Lipinski definition) is 1. The van der Waals surface area contributed by atoms with E-state index in [1.165, 1.54) is 12.8 Å². The first-order chi connectivity index (χ1) is 5.84. The first kappa shape index (κ1) is 11.0. The van der Waals surface area contributed by atoms with E-state index in [0.29, 0.717) is 11.3 Å². The van der Waals surface area contributed by atoms with Gasteiger partial charge in [0.15, 0.2) is 0 Å². The molecule has 0 aromatic rings. The summed E-state index contributed by atoms with van der Waals surface area (Å²) < 4.78 is 0. The quantitative estimate of drug-likeness (QED) is 0.663. The average molecular weight is 184 g/mol. The van der Waals surface area contributed by atoms with E-state index in [2.05, 4.69) is 34.6 Å². The molecular formula is C12H24O. The second-order valence-corrected chi connectivity index (χ2v) is 5.61. The maximum atomic E-state index is 9.94. The van der Waals surface area contributed by atoms with Gasteiger partial charge in [0.1, 0.15) is 0 Å². The minimum Gasteiger partial charge on any atom is -0.393 e. The topological polar surface area (TPSA) is 20.2 Å². The predicted octanol–water partition coefficient (Wildman–Crippen LogP) is 3.22. The monoisotopic (exact) mass is 184 g/mol. The third-order valence-electron chi connectivity index (χ3n) is 4.82. The second kappa shape index (κ2) is 3.27. The van der Waals surface area contributed by atoms with Crippen molar-refractivity contribution in [2.24, 2.45) is 16.7 Å². The summed E-state index contributed by atoms with van der Waals surface area (Å²) in [6.45, 7) is 11.3. The molecule has 1 fully saturated rings. The van der Waals surface area contributed by atoms with Gasteiger partial charge in [0.2, 0.25) is 0 Å². The molecule has 0 aliphatic heterocycles. The molecule has 0 aromatic heterocycles. The highest BCUT2D eigenvalue weighted by Crippen LogP contribution is 2.52. The van der Waals surface area contributed by atoms with Crippen molar-refractivity contribution in [1.82, 2.24) is 0 Å². The fourth-order valence-corrected chi connectivity index (χ4v) is 2.72. The predicted molar refractivity (Wildman–Crippen MR) is 56.6 cm³/mol. The molecule has 1 nitrogen and oxygen atoms in total. The van der Waals surface area contributed by atoms with Crippen molar-refractivity contribution >= 4 is 0 Å². The van der Waals surface area contributed by atoms with Gasteiger partial charge in [-0.05, 0) is 29.6 Å². The van der Waals surface area contributed by atoms with Crippen LogP contribution in [0.2, 0.25) is 0 Å². The van der Waals surface area contributed by atoms with Gasteiger partial charge in [0, 0.05) is 0 Å². The first-order valence-corrected chi connectivity index (χ1v) is 5.52. The van der Waals surface area contributed by atoms with Crippen LogP contribution in [0.3, 0.4) is 0 Å². The third kappa shape index (κ3) is 1.63. The molecule has 0 aromatic carbocycles. The molecule has 3 atom stereocenters. The van der Waals surface area contributed by atoms with Crippen molar-refractivity contribution in [3.8, 4) is 0 Å². The van der Waals surface area contributed by atoms with Gasteiger partial charge >= 0.3 is 0 Å². The van der Waals surface area contributed by atoms with Crippen molar-refractivity contribution in [2.45, 2.75) is 60.0 Å². The van der Waals surface area contributed by atoms with E-state index in [4.69, 9.17) is 0 Å². The van der Waals surface area contributed by atoms with E-state index >= 15 is 0 Å². The third-order valence-corrected chi connectivity index (χ3v) is 4.82. The van der Waals surface area contributed by atoms with E-state index in [-0.39, 0.29) is 11.5 Å². The minimum atomic E-state index is -0.109. The molecule has 3 unspecified atom stereocenters. The van der Waals surface area contributed by atoms with Crippen molar-refractivity contribution in [2.75, 3.05) is 0 Å². The lowest BCUT2D eigenvalue weighted by atomic mass is 9.55. The van der Waals surface area contributed by atoms with Crippen molar-refractivity contribution in [3.05, 3.63) is 0 Å². The molecule has 13 heavy (non-hydrogen) atoms. The molecule has 1 N–H and O–H groups in total. The zero-order valence-corrected chi connectivity index (χ0v) is 9.72. The standard InChI is InChI=1S/C12H24O/c1-6-12(5)8-7-10(13)11(3,4)9(12)2/h9-10,13H,6-8H2,1-5H3. The van der Waals surface area contributed by atoms with Gasteiger partial charge in [-0.2, -0.15) is 0 Å². The van der Waals surface area contributed by atoms with Gasteiger partial charge in [0.25, 0.3) is 0 Å². The lowest BCUT2D eigenvalue weighted by molar-refractivity contribution is -0.0880. The molecule has 0 bridgehead atoms. The van der Waals surface area contributed by atoms with Gasteiger partial charge < -0.3 is 5.11 Å².